The number of aromatic nitrogens is 2. The summed E-state index contributed by atoms with van der Waals surface area (Å²) >= 11 is 1.46. The molecule has 290 valence electrons. The first-order chi connectivity index (χ1) is 27.6. The molecule has 0 saturated heterocycles. The number of hydrogen-bond donors (Lipinski definition) is 5. The third-order valence-electron chi connectivity index (χ3n) is 9.48. The van der Waals surface area contributed by atoms with E-state index in [1.807, 2.05) is 31.3 Å². The maximum atomic E-state index is 12.9. The van der Waals surface area contributed by atoms with Crippen LogP contribution < -0.4 is 15.4 Å². The molecule has 4 heterocycles. The first kappa shape index (κ1) is 38.7. The average Bonchev–Trinajstić information content (AvgIpc) is 3.91. The summed E-state index contributed by atoms with van der Waals surface area (Å²) in [5.41, 5.74) is 3.99. The summed E-state index contributed by atoms with van der Waals surface area (Å²) in [5, 5.41) is 28.6. The Balaban J connectivity index is 0.000000174. The standard InChI is InChI=1S/C22H22N4O3.C20H18N4O3S/c1-25(2)13-7-12-23-22(29)26-17-11-6-4-9-15(17)18(21(26)28)19-20(27)14-8-3-5-10-16(14)24-19;1-28-22-11-10-21-20(27)24-15-9-5-3-7-13(15)16(19(24)26)17-18(25)12-6-2-4-8-14(12)23-17/h3-6,8-11,28H,7,12-13H2,1-2H3,(H,23,29);2-9,22,26H,10-11H2,1H3,(H,21,27). The highest BCUT2D eigenvalue weighted by Crippen LogP contribution is 2.38. The lowest BCUT2D eigenvalue weighted by molar-refractivity contribution is 0.106. The lowest BCUT2D eigenvalue weighted by Gasteiger charge is -2.11. The molecule has 0 radical (unpaired) electrons. The van der Waals surface area contributed by atoms with Gasteiger partial charge in [0.15, 0.2) is 0 Å². The van der Waals surface area contributed by atoms with Gasteiger partial charge in [-0.05, 0) is 69.7 Å². The van der Waals surface area contributed by atoms with Gasteiger partial charge in [-0.1, -0.05) is 72.6 Å². The number of rotatable bonds is 10. The second kappa shape index (κ2) is 16.7. The number of carbonyl (C=O) groups is 4. The molecule has 5 N–H and O–H groups in total. The van der Waals surface area contributed by atoms with Crippen LogP contribution in [0, 0.1) is 0 Å². The molecule has 0 saturated carbocycles. The molecular weight excluding hydrogens is 745 g/mol. The predicted octanol–water partition coefficient (Wildman–Crippen LogP) is 6.26. The smallest absolute Gasteiger partial charge is 0.328 e. The first-order valence-corrected chi connectivity index (χ1v) is 19.4. The van der Waals surface area contributed by atoms with Crippen molar-refractivity contribution in [3.63, 3.8) is 0 Å². The Labute approximate surface area is 332 Å². The summed E-state index contributed by atoms with van der Waals surface area (Å²) in [6.45, 7) is 2.30. The van der Waals surface area contributed by atoms with E-state index in [1.165, 1.54) is 21.1 Å². The number of amides is 2. The van der Waals surface area contributed by atoms with Crippen LogP contribution in [-0.4, -0.2) is 106 Å². The zero-order chi connectivity index (χ0) is 40.2. The van der Waals surface area contributed by atoms with Crippen LogP contribution in [0.15, 0.2) is 107 Å². The van der Waals surface area contributed by atoms with Gasteiger partial charge in [0, 0.05) is 41.5 Å². The van der Waals surface area contributed by atoms with E-state index in [9.17, 15) is 29.4 Å². The number of nitrogens with one attached hydrogen (secondary N) is 3. The fourth-order valence-electron chi connectivity index (χ4n) is 6.86. The van der Waals surface area contributed by atoms with E-state index < -0.39 is 12.1 Å². The molecule has 15 heteroatoms. The van der Waals surface area contributed by atoms with Crippen molar-refractivity contribution in [2.45, 2.75) is 6.42 Å². The number of ketones is 2. The monoisotopic (exact) mass is 784 g/mol. The minimum atomic E-state index is -0.466. The van der Waals surface area contributed by atoms with Gasteiger partial charge < -0.3 is 25.7 Å². The fourth-order valence-corrected chi connectivity index (χ4v) is 7.17. The molecule has 2 amide bonds. The second-order valence-electron chi connectivity index (χ2n) is 13.4. The van der Waals surface area contributed by atoms with Crippen LogP contribution in [0.4, 0.5) is 21.0 Å². The number of para-hydroxylation sites is 4. The number of nitrogens with zero attached hydrogens (tertiary/aromatic N) is 5. The van der Waals surface area contributed by atoms with E-state index in [4.69, 9.17) is 0 Å². The van der Waals surface area contributed by atoms with Gasteiger partial charge in [0.2, 0.25) is 23.3 Å². The van der Waals surface area contributed by atoms with Gasteiger partial charge in [-0.3, -0.25) is 14.3 Å². The topological polar surface area (TPSA) is 183 Å². The van der Waals surface area contributed by atoms with Gasteiger partial charge in [0.25, 0.3) is 0 Å². The zero-order valence-electron chi connectivity index (χ0n) is 31.4. The lowest BCUT2D eigenvalue weighted by Crippen LogP contribution is -2.33. The number of hydrogen-bond acceptors (Lipinski definition) is 11. The molecule has 0 aliphatic carbocycles. The molecule has 0 unspecified atom stereocenters. The van der Waals surface area contributed by atoms with Gasteiger partial charge in [0.1, 0.15) is 11.4 Å². The quantitative estimate of drug-likeness (QED) is 0.0791. The fraction of sp³-hybridized carbons (Fsp3) is 0.190. The molecule has 0 bridgehead atoms. The largest absolute Gasteiger partial charge is 0.494 e. The van der Waals surface area contributed by atoms with Crippen molar-refractivity contribution in [3.8, 4) is 11.8 Å². The maximum absolute atomic E-state index is 12.9. The van der Waals surface area contributed by atoms with E-state index >= 15 is 0 Å². The predicted molar refractivity (Wildman–Crippen MR) is 223 cm³/mol. The molecule has 6 aromatic rings. The molecule has 2 aliphatic rings. The zero-order valence-corrected chi connectivity index (χ0v) is 32.3. The summed E-state index contributed by atoms with van der Waals surface area (Å²) < 4.78 is 5.43. The van der Waals surface area contributed by atoms with Crippen molar-refractivity contribution in [3.05, 3.63) is 119 Å². The summed E-state index contributed by atoms with van der Waals surface area (Å²) in [6, 6.07) is 27.4. The number of carbonyl (C=O) groups excluding carboxylic acids is 4. The third kappa shape index (κ3) is 7.43. The Bertz CT molecular complexity index is 2620. The number of Topliss-reactive ketones (excluding diaryl/α,β-unsaturated/α-hetero) is 2. The number of fused-ring (bicyclic) bond motifs is 4. The normalized spacial score (nSPS) is 13.0. The van der Waals surface area contributed by atoms with Gasteiger partial charge in [-0.25, -0.2) is 28.7 Å². The van der Waals surface area contributed by atoms with Gasteiger partial charge in [0.05, 0.1) is 33.5 Å². The number of aliphatic imine (C=N–C) groups is 2. The van der Waals surface area contributed by atoms with Crippen molar-refractivity contribution in [1.82, 2.24) is 29.4 Å². The summed E-state index contributed by atoms with van der Waals surface area (Å²) in [4.78, 5) is 62.1. The molecular formula is C42H40N8O6S. The molecule has 2 aromatic heterocycles. The van der Waals surface area contributed by atoms with Gasteiger partial charge >= 0.3 is 12.1 Å². The van der Waals surface area contributed by atoms with E-state index in [-0.39, 0.29) is 45.9 Å². The van der Waals surface area contributed by atoms with Crippen molar-refractivity contribution in [2.24, 2.45) is 9.98 Å². The van der Waals surface area contributed by atoms with Crippen molar-refractivity contribution < 1.29 is 29.4 Å². The highest BCUT2D eigenvalue weighted by Gasteiger charge is 2.34. The number of aromatic hydroxyl groups is 2. The van der Waals surface area contributed by atoms with E-state index in [0.29, 0.717) is 63.9 Å². The molecule has 0 fully saturated rings. The van der Waals surface area contributed by atoms with E-state index in [1.54, 1.807) is 91.0 Å². The van der Waals surface area contributed by atoms with Gasteiger partial charge in [-0.15, -0.1) is 0 Å². The molecule has 57 heavy (non-hydrogen) atoms. The molecule has 8 rings (SSSR count). The van der Waals surface area contributed by atoms with Crippen molar-refractivity contribution >= 4 is 80.2 Å². The van der Waals surface area contributed by atoms with Crippen LogP contribution in [0.2, 0.25) is 0 Å². The molecule has 0 spiro atoms. The highest BCUT2D eigenvalue weighted by molar-refractivity contribution is 7.96. The molecule has 14 nitrogen and oxygen atoms in total. The minimum Gasteiger partial charge on any atom is -0.494 e. The Morgan fingerprint density at radius 1 is 0.649 bits per heavy atom. The highest BCUT2D eigenvalue weighted by atomic mass is 32.2. The van der Waals surface area contributed by atoms with Crippen LogP contribution in [0.5, 0.6) is 11.8 Å². The maximum Gasteiger partial charge on any atom is 0.328 e. The molecule has 0 atom stereocenters. The Morgan fingerprint density at radius 3 is 1.54 bits per heavy atom. The van der Waals surface area contributed by atoms with E-state index in [0.717, 1.165) is 13.0 Å². The lowest BCUT2D eigenvalue weighted by atomic mass is 10.0. The third-order valence-corrected chi connectivity index (χ3v) is 9.97. The summed E-state index contributed by atoms with van der Waals surface area (Å²) in [6.07, 6.45) is 2.68. The van der Waals surface area contributed by atoms with Crippen LogP contribution in [0.3, 0.4) is 0 Å². The van der Waals surface area contributed by atoms with E-state index in [2.05, 4.69) is 25.3 Å². The minimum absolute atomic E-state index is 0.144. The SMILES string of the molecule is CN(C)CCCNC(=O)n1c(O)c(C2=Nc3ccccc3C2=O)c2ccccc21.CSNCCNC(=O)n1c(O)c(C2=Nc3ccccc3C2=O)c2ccccc21. The van der Waals surface area contributed by atoms with Crippen molar-refractivity contribution in [2.75, 3.05) is 46.5 Å². The number of benzene rings is 4. The van der Waals surface area contributed by atoms with Gasteiger partial charge in [-0.2, -0.15) is 0 Å². The van der Waals surface area contributed by atoms with Crippen LogP contribution in [-0.2, 0) is 0 Å². The Morgan fingerprint density at radius 2 is 1.09 bits per heavy atom. The van der Waals surface area contributed by atoms with Crippen LogP contribution in [0.1, 0.15) is 38.3 Å². The van der Waals surface area contributed by atoms with Crippen LogP contribution >= 0.6 is 11.9 Å². The van der Waals surface area contributed by atoms with Crippen LogP contribution in [0.25, 0.3) is 21.8 Å². The first-order valence-electron chi connectivity index (χ1n) is 18.2. The summed E-state index contributed by atoms with van der Waals surface area (Å²) in [7, 11) is 3.94. The molecule has 2 aliphatic heterocycles. The summed E-state index contributed by atoms with van der Waals surface area (Å²) in [5.74, 6) is -1.10. The average molecular weight is 785 g/mol. The Hall–Kier alpha value is -6.55. The molecule has 4 aromatic carbocycles. The van der Waals surface area contributed by atoms with Crippen molar-refractivity contribution in [1.29, 1.82) is 0 Å². The second-order valence-corrected chi connectivity index (χ2v) is 14.1. The Kier molecular flexibility index (Phi) is 11.3.